The molecule has 17 heavy (non-hydrogen) atoms. The van der Waals surface area contributed by atoms with E-state index in [0.29, 0.717) is 6.54 Å². The molecule has 0 heterocycles. The van der Waals surface area contributed by atoms with Crippen LogP contribution in [0.15, 0.2) is 30.3 Å². The highest BCUT2D eigenvalue weighted by atomic mass is 16.2. The fourth-order valence-corrected chi connectivity index (χ4v) is 1.51. The molecule has 0 fully saturated rings. The van der Waals surface area contributed by atoms with Crippen molar-refractivity contribution in [2.45, 2.75) is 20.3 Å². The Morgan fingerprint density at radius 2 is 1.88 bits per heavy atom. The minimum Gasteiger partial charge on any atom is -0.334 e. The zero-order valence-electron chi connectivity index (χ0n) is 10.3. The van der Waals surface area contributed by atoms with Crippen molar-refractivity contribution in [2.24, 2.45) is 0 Å². The van der Waals surface area contributed by atoms with Crippen LogP contribution in [-0.2, 0) is 9.59 Å². The van der Waals surface area contributed by atoms with Gasteiger partial charge in [-0.2, -0.15) is 0 Å². The smallest absolute Gasteiger partial charge is 0.243 e. The standard InChI is InChI=1S/C13H18N2O2/c1-3-9-15(11(2)16)10-13(17)14-12-7-5-4-6-8-12/h4-8H,3,9-10H2,1-2H3,(H,14,17). The molecule has 92 valence electrons. The number of hydrogen-bond donors (Lipinski definition) is 1. The van der Waals surface area contributed by atoms with Crippen molar-refractivity contribution in [3.8, 4) is 0 Å². The third-order valence-corrected chi connectivity index (χ3v) is 2.33. The Morgan fingerprint density at radius 1 is 1.24 bits per heavy atom. The summed E-state index contributed by atoms with van der Waals surface area (Å²) >= 11 is 0. The normalized spacial score (nSPS) is 9.76. The number of para-hydroxylation sites is 1. The highest BCUT2D eigenvalue weighted by Gasteiger charge is 2.12. The van der Waals surface area contributed by atoms with E-state index in [4.69, 9.17) is 0 Å². The quantitative estimate of drug-likeness (QED) is 0.845. The Morgan fingerprint density at radius 3 is 2.41 bits per heavy atom. The lowest BCUT2D eigenvalue weighted by molar-refractivity contribution is -0.132. The summed E-state index contributed by atoms with van der Waals surface area (Å²) in [5, 5.41) is 2.75. The molecule has 1 rings (SSSR count). The molecule has 4 nitrogen and oxygen atoms in total. The number of carbonyl (C=O) groups is 2. The van der Waals surface area contributed by atoms with Crippen LogP contribution >= 0.6 is 0 Å². The van der Waals surface area contributed by atoms with E-state index in [0.717, 1.165) is 12.1 Å². The van der Waals surface area contributed by atoms with Crippen molar-refractivity contribution in [3.63, 3.8) is 0 Å². The van der Waals surface area contributed by atoms with Gasteiger partial charge in [0.25, 0.3) is 0 Å². The van der Waals surface area contributed by atoms with E-state index in [9.17, 15) is 9.59 Å². The third-order valence-electron chi connectivity index (χ3n) is 2.33. The Hall–Kier alpha value is -1.84. The average molecular weight is 234 g/mol. The highest BCUT2D eigenvalue weighted by molar-refractivity contribution is 5.94. The first-order chi connectivity index (χ1) is 8.13. The molecule has 0 aromatic heterocycles. The first kappa shape index (κ1) is 13.2. The minimum absolute atomic E-state index is 0.0740. The molecule has 1 aromatic rings. The van der Waals surface area contributed by atoms with Gasteiger partial charge in [-0.15, -0.1) is 0 Å². The van der Waals surface area contributed by atoms with Crippen molar-refractivity contribution < 1.29 is 9.59 Å². The average Bonchev–Trinajstić information content (AvgIpc) is 2.29. The van der Waals surface area contributed by atoms with Gasteiger partial charge in [-0.3, -0.25) is 9.59 Å². The zero-order chi connectivity index (χ0) is 12.7. The lowest BCUT2D eigenvalue weighted by Gasteiger charge is -2.19. The summed E-state index contributed by atoms with van der Waals surface area (Å²) in [7, 11) is 0. The number of carbonyl (C=O) groups excluding carboxylic acids is 2. The van der Waals surface area contributed by atoms with E-state index >= 15 is 0 Å². The van der Waals surface area contributed by atoms with Gasteiger partial charge in [0.15, 0.2) is 0 Å². The van der Waals surface area contributed by atoms with E-state index in [1.54, 1.807) is 0 Å². The van der Waals surface area contributed by atoms with Gasteiger partial charge >= 0.3 is 0 Å². The molecule has 4 heteroatoms. The monoisotopic (exact) mass is 234 g/mol. The van der Waals surface area contributed by atoms with E-state index in [1.807, 2.05) is 37.3 Å². The zero-order valence-corrected chi connectivity index (χ0v) is 10.3. The fraction of sp³-hybridized carbons (Fsp3) is 0.385. The molecule has 0 aliphatic carbocycles. The molecular formula is C13H18N2O2. The van der Waals surface area contributed by atoms with Gasteiger partial charge in [-0.1, -0.05) is 25.1 Å². The van der Waals surface area contributed by atoms with Gasteiger partial charge in [-0.25, -0.2) is 0 Å². The number of nitrogens with one attached hydrogen (secondary N) is 1. The third kappa shape index (κ3) is 4.68. The second kappa shape index (κ2) is 6.68. The van der Waals surface area contributed by atoms with Gasteiger partial charge in [-0.05, 0) is 18.6 Å². The number of hydrogen-bond acceptors (Lipinski definition) is 2. The predicted octanol–water partition coefficient (Wildman–Crippen LogP) is 1.88. The van der Waals surface area contributed by atoms with Gasteiger partial charge in [0.05, 0.1) is 6.54 Å². The molecule has 0 spiro atoms. The molecule has 1 N–H and O–H groups in total. The lowest BCUT2D eigenvalue weighted by atomic mass is 10.3. The van der Waals surface area contributed by atoms with Crippen LogP contribution < -0.4 is 5.32 Å². The second-order valence-electron chi connectivity index (χ2n) is 3.85. The van der Waals surface area contributed by atoms with Crippen molar-refractivity contribution >= 4 is 17.5 Å². The van der Waals surface area contributed by atoms with Crippen molar-refractivity contribution in [1.82, 2.24) is 4.90 Å². The number of nitrogens with zero attached hydrogens (tertiary/aromatic N) is 1. The summed E-state index contributed by atoms with van der Waals surface area (Å²) in [6.07, 6.45) is 0.845. The molecule has 0 radical (unpaired) electrons. The molecule has 0 saturated heterocycles. The van der Waals surface area contributed by atoms with Gasteiger partial charge < -0.3 is 10.2 Å². The number of anilines is 1. The van der Waals surface area contributed by atoms with E-state index < -0.39 is 0 Å². The first-order valence-corrected chi connectivity index (χ1v) is 5.74. The number of rotatable bonds is 5. The van der Waals surface area contributed by atoms with Gasteiger partial charge in [0.1, 0.15) is 0 Å². The molecule has 1 aromatic carbocycles. The van der Waals surface area contributed by atoms with Crippen molar-refractivity contribution in [2.75, 3.05) is 18.4 Å². The minimum atomic E-state index is -0.167. The summed E-state index contributed by atoms with van der Waals surface area (Å²) in [5.74, 6) is -0.241. The van der Waals surface area contributed by atoms with E-state index in [-0.39, 0.29) is 18.4 Å². The number of amides is 2. The Labute approximate surface area is 102 Å². The van der Waals surface area contributed by atoms with Crippen LogP contribution in [0.2, 0.25) is 0 Å². The Kier molecular flexibility index (Phi) is 5.20. The Balaban J connectivity index is 2.51. The summed E-state index contributed by atoms with van der Waals surface area (Å²) in [6, 6.07) is 9.22. The van der Waals surface area contributed by atoms with Crippen LogP contribution in [0.3, 0.4) is 0 Å². The molecule has 0 aliphatic heterocycles. The fourth-order valence-electron chi connectivity index (χ4n) is 1.51. The van der Waals surface area contributed by atoms with E-state index in [2.05, 4.69) is 5.32 Å². The predicted molar refractivity (Wildman–Crippen MR) is 67.6 cm³/mol. The first-order valence-electron chi connectivity index (χ1n) is 5.74. The maximum absolute atomic E-state index is 11.7. The summed E-state index contributed by atoms with van der Waals surface area (Å²) in [6.45, 7) is 4.17. The van der Waals surface area contributed by atoms with Crippen molar-refractivity contribution in [3.05, 3.63) is 30.3 Å². The number of benzene rings is 1. The summed E-state index contributed by atoms with van der Waals surface area (Å²) < 4.78 is 0. The van der Waals surface area contributed by atoms with E-state index in [1.165, 1.54) is 11.8 Å². The van der Waals surface area contributed by atoms with Crippen LogP contribution in [0.25, 0.3) is 0 Å². The lowest BCUT2D eigenvalue weighted by Crippen LogP contribution is -2.37. The molecule has 0 unspecified atom stereocenters. The maximum Gasteiger partial charge on any atom is 0.243 e. The van der Waals surface area contributed by atoms with Crippen LogP contribution in [0.5, 0.6) is 0 Å². The molecule has 0 aliphatic rings. The van der Waals surface area contributed by atoms with Gasteiger partial charge in [0.2, 0.25) is 11.8 Å². The topological polar surface area (TPSA) is 49.4 Å². The van der Waals surface area contributed by atoms with Gasteiger partial charge in [0, 0.05) is 19.2 Å². The molecular weight excluding hydrogens is 216 g/mol. The van der Waals surface area contributed by atoms with Crippen LogP contribution in [0.1, 0.15) is 20.3 Å². The highest BCUT2D eigenvalue weighted by Crippen LogP contribution is 2.05. The second-order valence-corrected chi connectivity index (χ2v) is 3.85. The molecule has 0 atom stereocenters. The summed E-state index contributed by atoms with van der Waals surface area (Å²) in [5.41, 5.74) is 0.748. The summed E-state index contributed by atoms with van der Waals surface area (Å²) in [4.78, 5) is 24.5. The largest absolute Gasteiger partial charge is 0.334 e. The van der Waals surface area contributed by atoms with Crippen LogP contribution in [0, 0.1) is 0 Å². The molecule has 0 bridgehead atoms. The SMILES string of the molecule is CCCN(CC(=O)Nc1ccccc1)C(C)=O. The maximum atomic E-state index is 11.7. The van der Waals surface area contributed by atoms with Crippen LogP contribution in [0.4, 0.5) is 5.69 Å². The Bertz CT molecular complexity index is 376. The molecule has 0 saturated carbocycles. The van der Waals surface area contributed by atoms with Crippen LogP contribution in [-0.4, -0.2) is 29.8 Å². The van der Waals surface area contributed by atoms with Crippen molar-refractivity contribution in [1.29, 1.82) is 0 Å². The molecule has 2 amide bonds.